The van der Waals surface area contributed by atoms with Crippen molar-refractivity contribution in [1.82, 2.24) is 0 Å². The summed E-state index contributed by atoms with van der Waals surface area (Å²) in [5, 5.41) is 0. The van der Waals surface area contributed by atoms with Crippen LogP contribution in [0.25, 0.3) is 0 Å². The molecule has 0 aliphatic carbocycles. The van der Waals surface area contributed by atoms with Gasteiger partial charge < -0.3 is 10.5 Å². The van der Waals surface area contributed by atoms with E-state index in [0.717, 1.165) is 12.8 Å². The summed E-state index contributed by atoms with van der Waals surface area (Å²) in [6, 6.07) is 11.6. The zero-order chi connectivity index (χ0) is 9.80. The number of hydrogen-bond donors (Lipinski definition) is 1. The Morgan fingerprint density at radius 2 is 2.57 bits per heavy atom. The summed E-state index contributed by atoms with van der Waals surface area (Å²) in [7, 11) is 0. The molecule has 0 saturated carbocycles. The van der Waals surface area contributed by atoms with Gasteiger partial charge in [-0.2, -0.15) is 0 Å². The lowest BCUT2D eigenvalue weighted by Gasteiger charge is -2.04. The van der Waals surface area contributed by atoms with Crippen LogP contribution in [0.3, 0.4) is 0 Å². The predicted molar refractivity (Wildman–Crippen MR) is 55.0 cm³/mol. The van der Waals surface area contributed by atoms with Crippen LogP contribution in [0.1, 0.15) is 12.0 Å². The number of rotatable bonds is 3. The molecule has 0 aromatic heterocycles. The molecular formula is C11H13N2O. The first-order valence-corrected chi connectivity index (χ1v) is 4.75. The van der Waals surface area contributed by atoms with E-state index in [2.05, 4.69) is 17.1 Å². The Bertz CT molecular complexity index is 321. The van der Waals surface area contributed by atoms with Crippen molar-refractivity contribution < 1.29 is 4.74 Å². The van der Waals surface area contributed by atoms with Crippen molar-refractivity contribution >= 4 is 6.02 Å². The first-order chi connectivity index (χ1) is 6.84. The van der Waals surface area contributed by atoms with Crippen molar-refractivity contribution in [3.63, 3.8) is 0 Å². The predicted octanol–water partition coefficient (Wildman–Crippen LogP) is 1.13. The quantitative estimate of drug-likeness (QED) is 0.774. The Morgan fingerprint density at radius 1 is 1.64 bits per heavy atom. The number of nitrogens with zero attached hydrogens (tertiary/aromatic N) is 1. The van der Waals surface area contributed by atoms with Crippen molar-refractivity contribution in [2.75, 3.05) is 6.61 Å². The molecule has 1 radical (unpaired) electrons. The normalized spacial score (nSPS) is 20.3. The molecule has 0 unspecified atom stereocenters. The van der Waals surface area contributed by atoms with Crippen molar-refractivity contribution in [3.05, 3.63) is 35.9 Å². The van der Waals surface area contributed by atoms with E-state index < -0.39 is 0 Å². The van der Waals surface area contributed by atoms with E-state index in [0.29, 0.717) is 12.6 Å². The van der Waals surface area contributed by atoms with Crippen LogP contribution in [0.4, 0.5) is 0 Å². The molecule has 1 aromatic rings. The van der Waals surface area contributed by atoms with Crippen molar-refractivity contribution in [1.29, 1.82) is 0 Å². The van der Waals surface area contributed by atoms with E-state index in [1.165, 1.54) is 5.56 Å². The highest BCUT2D eigenvalue weighted by Crippen LogP contribution is 2.10. The van der Waals surface area contributed by atoms with Gasteiger partial charge in [0.2, 0.25) is 0 Å². The van der Waals surface area contributed by atoms with E-state index in [-0.39, 0.29) is 6.04 Å². The summed E-state index contributed by atoms with van der Waals surface area (Å²) < 4.78 is 5.07. The van der Waals surface area contributed by atoms with Crippen LogP contribution in [0.5, 0.6) is 0 Å². The van der Waals surface area contributed by atoms with Gasteiger partial charge in [-0.15, -0.1) is 0 Å². The molecule has 0 saturated heterocycles. The number of nitrogens with two attached hydrogens (primary N) is 1. The maximum Gasteiger partial charge on any atom is 0.282 e. The van der Waals surface area contributed by atoms with Crippen molar-refractivity contribution in [2.45, 2.75) is 18.9 Å². The molecule has 14 heavy (non-hydrogen) atoms. The minimum absolute atomic E-state index is 0.232. The van der Waals surface area contributed by atoms with Gasteiger partial charge in [-0.1, -0.05) is 24.3 Å². The second kappa shape index (κ2) is 4.13. The molecule has 3 nitrogen and oxygen atoms in total. The number of hydrogen-bond acceptors (Lipinski definition) is 3. The fourth-order valence-electron chi connectivity index (χ4n) is 1.50. The van der Waals surface area contributed by atoms with E-state index in [4.69, 9.17) is 10.5 Å². The minimum Gasteiger partial charge on any atom is -0.463 e. The smallest absolute Gasteiger partial charge is 0.282 e. The van der Waals surface area contributed by atoms with Gasteiger partial charge in [0, 0.05) is 0 Å². The standard InChI is InChI=1S/C11H13N2O/c12-11-13-10(8-14-11)7-6-9-4-2-1-3-5-9/h1-2,4-5,10H,6-8H2,(H2,12,13)/t10-/m0/s1. The molecule has 1 aliphatic heterocycles. The number of aryl methyl sites for hydroxylation is 1. The van der Waals surface area contributed by atoms with Crippen LogP contribution in [0.15, 0.2) is 29.3 Å². The van der Waals surface area contributed by atoms with E-state index in [9.17, 15) is 0 Å². The molecule has 3 heteroatoms. The second-order valence-corrected chi connectivity index (χ2v) is 3.38. The number of aliphatic imine (C=N–C) groups is 1. The Balaban J connectivity index is 1.84. The monoisotopic (exact) mass is 189 g/mol. The van der Waals surface area contributed by atoms with Gasteiger partial charge in [-0.3, -0.25) is 0 Å². The lowest BCUT2D eigenvalue weighted by Crippen LogP contribution is -2.10. The molecular weight excluding hydrogens is 176 g/mol. The Labute approximate surface area is 83.6 Å². The van der Waals surface area contributed by atoms with Crippen LogP contribution >= 0.6 is 0 Å². The largest absolute Gasteiger partial charge is 0.463 e. The van der Waals surface area contributed by atoms with Gasteiger partial charge in [-0.25, -0.2) is 4.99 Å². The summed E-state index contributed by atoms with van der Waals surface area (Å²) in [6.45, 7) is 0.627. The van der Waals surface area contributed by atoms with Gasteiger partial charge >= 0.3 is 0 Å². The fourth-order valence-corrected chi connectivity index (χ4v) is 1.50. The van der Waals surface area contributed by atoms with E-state index >= 15 is 0 Å². The third-order valence-electron chi connectivity index (χ3n) is 2.27. The van der Waals surface area contributed by atoms with Gasteiger partial charge in [0.15, 0.2) is 0 Å². The maximum absolute atomic E-state index is 5.42. The van der Waals surface area contributed by atoms with Crippen LogP contribution in [-0.4, -0.2) is 18.7 Å². The molecule has 1 aliphatic rings. The maximum atomic E-state index is 5.42. The molecule has 2 rings (SSSR count). The molecule has 0 bridgehead atoms. The second-order valence-electron chi connectivity index (χ2n) is 3.38. The Kier molecular flexibility index (Phi) is 2.68. The van der Waals surface area contributed by atoms with Crippen LogP contribution in [0.2, 0.25) is 0 Å². The van der Waals surface area contributed by atoms with Crippen molar-refractivity contribution in [3.8, 4) is 0 Å². The highest BCUT2D eigenvalue weighted by molar-refractivity contribution is 5.72. The van der Waals surface area contributed by atoms with Crippen LogP contribution in [0, 0.1) is 6.07 Å². The van der Waals surface area contributed by atoms with Gasteiger partial charge in [0.05, 0.1) is 6.04 Å². The highest BCUT2D eigenvalue weighted by atomic mass is 16.5. The summed E-state index contributed by atoms with van der Waals surface area (Å²) in [5.41, 5.74) is 6.70. The molecule has 1 atom stereocenters. The molecule has 0 spiro atoms. The zero-order valence-electron chi connectivity index (χ0n) is 7.94. The third-order valence-corrected chi connectivity index (χ3v) is 2.27. The van der Waals surface area contributed by atoms with E-state index in [1.807, 2.05) is 18.2 Å². The van der Waals surface area contributed by atoms with Crippen LogP contribution in [-0.2, 0) is 11.2 Å². The summed E-state index contributed by atoms with van der Waals surface area (Å²) in [6.07, 6.45) is 1.99. The molecule has 0 fully saturated rings. The average molecular weight is 189 g/mol. The summed E-state index contributed by atoms with van der Waals surface area (Å²) in [4.78, 5) is 4.17. The molecule has 1 aromatic carbocycles. The molecule has 1 heterocycles. The summed E-state index contributed by atoms with van der Waals surface area (Å²) >= 11 is 0. The van der Waals surface area contributed by atoms with Gasteiger partial charge in [0.1, 0.15) is 6.61 Å². The topological polar surface area (TPSA) is 47.6 Å². The number of amidine groups is 1. The Hall–Kier alpha value is -1.51. The number of ether oxygens (including phenoxy) is 1. The van der Waals surface area contributed by atoms with Crippen LogP contribution < -0.4 is 5.73 Å². The fraction of sp³-hybridized carbons (Fsp3) is 0.364. The first kappa shape index (κ1) is 9.06. The van der Waals surface area contributed by atoms with Gasteiger partial charge in [0.25, 0.3) is 6.02 Å². The number of benzene rings is 1. The SMILES string of the molecule is NC1=N[C@@H](CCc2c[c]ccc2)CO1. The lowest BCUT2D eigenvalue weighted by atomic mass is 10.1. The Morgan fingerprint density at radius 3 is 3.21 bits per heavy atom. The molecule has 2 N–H and O–H groups in total. The van der Waals surface area contributed by atoms with E-state index in [1.54, 1.807) is 0 Å². The first-order valence-electron chi connectivity index (χ1n) is 4.75. The van der Waals surface area contributed by atoms with Crippen molar-refractivity contribution in [2.24, 2.45) is 10.7 Å². The zero-order valence-corrected chi connectivity index (χ0v) is 7.94. The summed E-state index contributed by atoms with van der Waals surface area (Å²) in [5.74, 6) is 0. The molecule has 0 amide bonds. The average Bonchev–Trinajstić information content (AvgIpc) is 2.63. The minimum atomic E-state index is 0.232. The highest BCUT2D eigenvalue weighted by Gasteiger charge is 2.15. The van der Waals surface area contributed by atoms with Gasteiger partial charge in [-0.05, 0) is 24.5 Å². The lowest BCUT2D eigenvalue weighted by molar-refractivity contribution is 0.308. The third kappa shape index (κ3) is 2.25. The molecule has 73 valence electrons.